The zero-order chi connectivity index (χ0) is 18.6. The number of fused-ring (bicyclic) bond motifs is 1. The first-order chi connectivity index (χ1) is 11.8. The normalized spacial score (nSPS) is 11.5. The van der Waals surface area contributed by atoms with Gasteiger partial charge < -0.3 is 14.0 Å². The Morgan fingerprint density at radius 3 is 2.48 bits per heavy atom. The summed E-state index contributed by atoms with van der Waals surface area (Å²) in [5.41, 5.74) is 0.597. The van der Waals surface area contributed by atoms with Gasteiger partial charge in [-0.1, -0.05) is 12.1 Å². The van der Waals surface area contributed by atoms with E-state index in [-0.39, 0.29) is 30.0 Å². The Morgan fingerprint density at radius 2 is 1.84 bits per heavy atom. The summed E-state index contributed by atoms with van der Waals surface area (Å²) < 4.78 is 36.8. The number of nitrogens with zero attached hydrogens (tertiary/aromatic N) is 1. The molecular formula is C16H18BrNO6S. The number of carbonyl (C=O) groups is 2. The van der Waals surface area contributed by atoms with Gasteiger partial charge in [-0.15, -0.1) is 0 Å². The molecule has 0 amide bonds. The lowest BCUT2D eigenvalue weighted by Gasteiger charge is -2.04. The quantitative estimate of drug-likeness (QED) is 0.624. The van der Waals surface area contributed by atoms with Crippen LogP contribution in [0.3, 0.4) is 0 Å². The largest absolute Gasteiger partial charge is 0.469 e. The van der Waals surface area contributed by atoms with Crippen LogP contribution in [0.25, 0.3) is 10.9 Å². The maximum Gasteiger partial charge on any atom is 0.325 e. The standard InChI is InChI=1S/C16H18BrNO6S/c1-23-14(19)7-4-8-25(21,22)13-9-18(10-15(20)24-2)16-11(13)5-3-6-12(16)17/h3,5-6,9H,4,7-8,10H2,1-2H3. The number of sulfone groups is 1. The van der Waals surface area contributed by atoms with Crippen LogP contribution in [0.5, 0.6) is 0 Å². The lowest BCUT2D eigenvalue weighted by atomic mass is 10.2. The molecule has 1 aromatic heterocycles. The van der Waals surface area contributed by atoms with Crippen molar-refractivity contribution in [3.8, 4) is 0 Å². The third kappa shape index (κ3) is 4.40. The Morgan fingerprint density at radius 1 is 1.16 bits per heavy atom. The second kappa shape index (κ2) is 8.01. The van der Waals surface area contributed by atoms with E-state index in [1.54, 1.807) is 22.8 Å². The number of rotatable bonds is 7. The number of ether oxygens (including phenoxy) is 2. The van der Waals surface area contributed by atoms with Gasteiger partial charge in [-0.05, 0) is 28.4 Å². The summed E-state index contributed by atoms with van der Waals surface area (Å²) >= 11 is 3.39. The minimum absolute atomic E-state index is 0.0280. The Balaban J connectivity index is 2.42. The van der Waals surface area contributed by atoms with E-state index in [0.29, 0.717) is 15.4 Å². The second-order valence-electron chi connectivity index (χ2n) is 5.33. The number of benzene rings is 1. The SMILES string of the molecule is COC(=O)CCCS(=O)(=O)c1cn(CC(=O)OC)c2c(Br)cccc12. The number of esters is 2. The first-order valence-corrected chi connectivity index (χ1v) is 9.88. The maximum atomic E-state index is 12.7. The van der Waals surface area contributed by atoms with Crippen LogP contribution in [0.2, 0.25) is 0 Å². The molecule has 0 aliphatic carbocycles. The predicted molar refractivity (Wildman–Crippen MR) is 95.0 cm³/mol. The van der Waals surface area contributed by atoms with Crippen molar-refractivity contribution in [2.75, 3.05) is 20.0 Å². The van der Waals surface area contributed by atoms with Crippen molar-refractivity contribution in [2.45, 2.75) is 24.3 Å². The summed E-state index contributed by atoms with van der Waals surface area (Å²) in [6.45, 7) is -0.104. The molecule has 0 saturated heterocycles. The fraction of sp³-hybridized carbons (Fsp3) is 0.375. The molecule has 2 rings (SSSR count). The van der Waals surface area contributed by atoms with E-state index in [1.165, 1.54) is 20.4 Å². The summed E-state index contributed by atoms with van der Waals surface area (Å²) in [7, 11) is -1.10. The fourth-order valence-corrected chi connectivity index (χ4v) is 4.60. The van der Waals surface area contributed by atoms with Crippen molar-refractivity contribution in [1.29, 1.82) is 0 Å². The molecule has 0 saturated carbocycles. The van der Waals surface area contributed by atoms with Gasteiger partial charge in [0.25, 0.3) is 0 Å². The van der Waals surface area contributed by atoms with E-state index in [0.717, 1.165) is 0 Å². The Kier molecular flexibility index (Phi) is 6.23. The highest BCUT2D eigenvalue weighted by atomic mass is 79.9. The molecule has 1 aromatic carbocycles. The number of aromatic nitrogens is 1. The molecule has 136 valence electrons. The smallest absolute Gasteiger partial charge is 0.325 e. The molecule has 0 aliphatic rings. The minimum Gasteiger partial charge on any atom is -0.469 e. The lowest BCUT2D eigenvalue weighted by Crippen LogP contribution is -2.11. The third-order valence-electron chi connectivity index (χ3n) is 3.70. The maximum absolute atomic E-state index is 12.7. The van der Waals surface area contributed by atoms with Gasteiger partial charge in [0.2, 0.25) is 0 Å². The van der Waals surface area contributed by atoms with E-state index in [4.69, 9.17) is 0 Å². The van der Waals surface area contributed by atoms with Crippen molar-refractivity contribution >= 4 is 48.6 Å². The molecule has 2 aromatic rings. The highest BCUT2D eigenvalue weighted by Gasteiger charge is 2.23. The van der Waals surface area contributed by atoms with Gasteiger partial charge in [-0.25, -0.2) is 8.42 Å². The Bertz CT molecular complexity index is 903. The highest BCUT2D eigenvalue weighted by Crippen LogP contribution is 2.32. The molecule has 0 unspecified atom stereocenters. The summed E-state index contributed by atoms with van der Waals surface area (Å²) in [5.74, 6) is -1.13. The van der Waals surface area contributed by atoms with Crippen LogP contribution >= 0.6 is 15.9 Å². The van der Waals surface area contributed by atoms with Crippen molar-refractivity contribution in [3.05, 3.63) is 28.9 Å². The molecule has 0 N–H and O–H groups in total. The topological polar surface area (TPSA) is 91.7 Å². The van der Waals surface area contributed by atoms with Crippen molar-refractivity contribution in [3.63, 3.8) is 0 Å². The monoisotopic (exact) mass is 431 g/mol. The molecule has 1 heterocycles. The van der Waals surface area contributed by atoms with E-state index in [9.17, 15) is 18.0 Å². The summed E-state index contributed by atoms with van der Waals surface area (Å²) in [5, 5.41) is 0.511. The van der Waals surface area contributed by atoms with E-state index < -0.39 is 21.8 Å². The first-order valence-electron chi connectivity index (χ1n) is 7.44. The molecule has 7 nitrogen and oxygen atoms in total. The van der Waals surface area contributed by atoms with Crippen molar-refractivity contribution < 1.29 is 27.5 Å². The van der Waals surface area contributed by atoms with Gasteiger partial charge in [0.05, 0.1) is 30.4 Å². The molecule has 0 fully saturated rings. The molecule has 25 heavy (non-hydrogen) atoms. The van der Waals surface area contributed by atoms with Gasteiger partial charge in [-0.3, -0.25) is 9.59 Å². The van der Waals surface area contributed by atoms with Crippen LogP contribution in [0, 0.1) is 0 Å². The van der Waals surface area contributed by atoms with Crippen LogP contribution in [-0.2, 0) is 35.4 Å². The zero-order valence-corrected chi connectivity index (χ0v) is 16.2. The van der Waals surface area contributed by atoms with Crippen LogP contribution < -0.4 is 0 Å². The van der Waals surface area contributed by atoms with E-state index in [1.807, 2.05) is 0 Å². The lowest BCUT2D eigenvalue weighted by molar-refractivity contribution is -0.141. The van der Waals surface area contributed by atoms with Crippen LogP contribution in [0.1, 0.15) is 12.8 Å². The van der Waals surface area contributed by atoms with Gasteiger partial charge in [0.1, 0.15) is 6.54 Å². The number of para-hydroxylation sites is 1. The molecule has 0 spiro atoms. The average Bonchev–Trinajstić information content (AvgIpc) is 2.95. The summed E-state index contributed by atoms with van der Waals surface area (Å²) in [4.78, 5) is 22.9. The van der Waals surface area contributed by atoms with E-state index in [2.05, 4.69) is 25.4 Å². The van der Waals surface area contributed by atoms with Crippen LogP contribution in [-0.4, -0.2) is 44.9 Å². The number of carbonyl (C=O) groups excluding carboxylic acids is 2. The predicted octanol–water partition coefficient (Wildman–Crippen LogP) is 2.30. The molecule has 0 atom stereocenters. The highest BCUT2D eigenvalue weighted by molar-refractivity contribution is 9.10. The molecule has 9 heteroatoms. The van der Waals surface area contributed by atoms with Crippen LogP contribution in [0.15, 0.2) is 33.8 Å². The van der Waals surface area contributed by atoms with Gasteiger partial charge in [0.15, 0.2) is 9.84 Å². The summed E-state index contributed by atoms with van der Waals surface area (Å²) in [6.07, 6.45) is 1.62. The Labute approximate surface area is 153 Å². The van der Waals surface area contributed by atoms with Crippen LogP contribution in [0.4, 0.5) is 0 Å². The minimum atomic E-state index is -3.63. The number of methoxy groups -OCH3 is 2. The van der Waals surface area contributed by atoms with Gasteiger partial charge in [0, 0.05) is 22.5 Å². The van der Waals surface area contributed by atoms with Crippen molar-refractivity contribution in [2.24, 2.45) is 0 Å². The summed E-state index contributed by atoms with van der Waals surface area (Å²) in [6, 6.07) is 5.17. The molecular weight excluding hydrogens is 414 g/mol. The molecule has 0 aliphatic heterocycles. The number of halogens is 1. The van der Waals surface area contributed by atoms with E-state index >= 15 is 0 Å². The first kappa shape index (κ1) is 19.5. The average molecular weight is 432 g/mol. The Hall–Kier alpha value is -1.87. The van der Waals surface area contributed by atoms with Gasteiger partial charge in [-0.2, -0.15) is 0 Å². The van der Waals surface area contributed by atoms with Gasteiger partial charge >= 0.3 is 11.9 Å². The third-order valence-corrected chi connectivity index (χ3v) is 6.16. The van der Waals surface area contributed by atoms with Crippen molar-refractivity contribution in [1.82, 2.24) is 4.57 Å². The fourth-order valence-electron chi connectivity index (χ4n) is 2.48. The zero-order valence-electron chi connectivity index (χ0n) is 13.8. The number of hydrogen-bond acceptors (Lipinski definition) is 6. The second-order valence-corrected chi connectivity index (χ2v) is 8.26. The molecule has 0 bridgehead atoms. The number of hydrogen-bond donors (Lipinski definition) is 0. The molecule has 0 radical (unpaired) electrons.